The van der Waals surface area contributed by atoms with Crippen LogP contribution in [0.4, 0.5) is 5.69 Å². The van der Waals surface area contributed by atoms with E-state index in [-0.39, 0.29) is 12.3 Å². The monoisotopic (exact) mass is 289 g/mol. The Labute approximate surface area is 125 Å². The first kappa shape index (κ1) is 15.5. The first-order valence-corrected chi connectivity index (χ1v) is 7.37. The zero-order valence-electron chi connectivity index (χ0n) is 12.4. The fraction of sp³-hybridized carbons (Fsp3) is 0.500. The second kappa shape index (κ2) is 6.26. The van der Waals surface area contributed by atoms with Crippen molar-refractivity contribution in [3.05, 3.63) is 29.8 Å². The van der Waals surface area contributed by atoms with Crippen molar-refractivity contribution >= 4 is 17.5 Å². The molecule has 1 aliphatic carbocycles. The molecule has 0 aliphatic heterocycles. The predicted octanol–water partition coefficient (Wildman–Crippen LogP) is 1.56. The van der Waals surface area contributed by atoms with Crippen molar-refractivity contribution in [1.29, 1.82) is 0 Å². The fourth-order valence-electron chi connectivity index (χ4n) is 3.03. The molecule has 5 heteroatoms. The third kappa shape index (κ3) is 3.82. The number of benzene rings is 1. The molecule has 0 heterocycles. The second-order valence-electron chi connectivity index (χ2n) is 6.11. The zero-order valence-corrected chi connectivity index (χ0v) is 12.4. The molecule has 2 unspecified atom stereocenters. The first-order valence-electron chi connectivity index (χ1n) is 7.37. The summed E-state index contributed by atoms with van der Waals surface area (Å²) < 4.78 is 0. The van der Waals surface area contributed by atoms with Crippen molar-refractivity contribution in [3.8, 4) is 0 Å². The van der Waals surface area contributed by atoms with E-state index < -0.39 is 11.4 Å². The molecular weight excluding hydrogens is 266 g/mol. The van der Waals surface area contributed by atoms with Gasteiger partial charge in [0.25, 0.3) is 0 Å². The van der Waals surface area contributed by atoms with Gasteiger partial charge in [0.1, 0.15) is 0 Å². The standard InChI is InChI=1S/C16H23N3O2/c1-11-5-4-8-16(18,10-11)15(21)19-13-7-3-2-6-12(13)9-14(17)20/h2-3,6-7,11H,4-5,8-10,18H2,1H3,(H2,17,20)(H,19,21). The van der Waals surface area contributed by atoms with E-state index in [1.165, 1.54) is 0 Å². The van der Waals surface area contributed by atoms with E-state index in [0.29, 0.717) is 30.0 Å². The topological polar surface area (TPSA) is 98.2 Å². The number of nitrogens with two attached hydrogens (primary N) is 2. The molecule has 2 atom stereocenters. The van der Waals surface area contributed by atoms with Gasteiger partial charge in [0.2, 0.25) is 11.8 Å². The number of amides is 2. The van der Waals surface area contributed by atoms with E-state index in [1.807, 2.05) is 12.1 Å². The Balaban J connectivity index is 2.14. The molecule has 1 aromatic rings. The highest BCUT2D eigenvalue weighted by Crippen LogP contribution is 2.31. The predicted molar refractivity (Wildman–Crippen MR) is 82.5 cm³/mol. The molecular formula is C16H23N3O2. The summed E-state index contributed by atoms with van der Waals surface area (Å²) >= 11 is 0. The zero-order chi connectivity index (χ0) is 15.5. The van der Waals surface area contributed by atoms with Gasteiger partial charge in [-0.25, -0.2) is 0 Å². The Morgan fingerprint density at radius 2 is 2.10 bits per heavy atom. The van der Waals surface area contributed by atoms with Gasteiger partial charge in [0.15, 0.2) is 0 Å². The summed E-state index contributed by atoms with van der Waals surface area (Å²) in [6, 6.07) is 7.18. The van der Waals surface area contributed by atoms with E-state index in [2.05, 4.69) is 12.2 Å². The van der Waals surface area contributed by atoms with Crippen LogP contribution in [0.5, 0.6) is 0 Å². The Hall–Kier alpha value is -1.88. The molecule has 5 nitrogen and oxygen atoms in total. The Bertz CT molecular complexity index is 544. The summed E-state index contributed by atoms with van der Waals surface area (Å²) in [5.41, 5.74) is 12.0. The van der Waals surface area contributed by atoms with Crippen molar-refractivity contribution in [2.45, 2.75) is 44.6 Å². The van der Waals surface area contributed by atoms with E-state index in [1.54, 1.807) is 12.1 Å². The van der Waals surface area contributed by atoms with E-state index in [4.69, 9.17) is 11.5 Å². The average Bonchev–Trinajstić information content (AvgIpc) is 2.40. The van der Waals surface area contributed by atoms with Gasteiger partial charge in [-0.2, -0.15) is 0 Å². The van der Waals surface area contributed by atoms with Crippen LogP contribution in [0, 0.1) is 5.92 Å². The Kier molecular flexibility index (Phi) is 4.63. The highest BCUT2D eigenvalue weighted by molar-refractivity contribution is 5.99. The fourth-order valence-corrected chi connectivity index (χ4v) is 3.03. The van der Waals surface area contributed by atoms with Crippen molar-refractivity contribution in [2.75, 3.05) is 5.32 Å². The summed E-state index contributed by atoms with van der Waals surface area (Å²) in [4.78, 5) is 23.6. The molecule has 1 saturated carbocycles. The van der Waals surface area contributed by atoms with E-state index in [0.717, 1.165) is 12.8 Å². The number of rotatable bonds is 4. The Morgan fingerprint density at radius 1 is 1.38 bits per heavy atom. The molecule has 1 aliphatic rings. The van der Waals surface area contributed by atoms with Crippen molar-refractivity contribution in [1.82, 2.24) is 0 Å². The summed E-state index contributed by atoms with van der Waals surface area (Å²) in [5, 5.41) is 2.87. The summed E-state index contributed by atoms with van der Waals surface area (Å²) in [6.07, 6.45) is 3.57. The van der Waals surface area contributed by atoms with Gasteiger partial charge in [-0.3, -0.25) is 9.59 Å². The molecule has 114 valence electrons. The lowest BCUT2D eigenvalue weighted by Gasteiger charge is -2.35. The molecule has 2 rings (SSSR count). The maximum absolute atomic E-state index is 12.5. The van der Waals surface area contributed by atoms with Crippen molar-refractivity contribution < 1.29 is 9.59 Å². The van der Waals surface area contributed by atoms with Crippen LogP contribution in [0.1, 0.15) is 38.2 Å². The lowest BCUT2D eigenvalue weighted by atomic mass is 9.76. The van der Waals surface area contributed by atoms with Crippen LogP contribution in [0.3, 0.4) is 0 Å². The van der Waals surface area contributed by atoms with Crippen molar-refractivity contribution in [2.24, 2.45) is 17.4 Å². The molecule has 0 aromatic heterocycles. The first-order chi connectivity index (χ1) is 9.90. The molecule has 21 heavy (non-hydrogen) atoms. The number of carbonyl (C=O) groups is 2. The normalized spacial score (nSPS) is 25.3. The Morgan fingerprint density at radius 3 is 2.76 bits per heavy atom. The van der Waals surface area contributed by atoms with Crippen LogP contribution in [0.25, 0.3) is 0 Å². The largest absolute Gasteiger partial charge is 0.369 e. The summed E-state index contributed by atoms with van der Waals surface area (Å²) in [6.45, 7) is 2.12. The molecule has 1 fully saturated rings. The molecule has 0 radical (unpaired) electrons. The van der Waals surface area contributed by atoms with Gasteiger partial charge in [0.05, 0.1) is 12.0 Å². The van der Waals surface area contributed by atoms with Crippen LogP contribution in [-0.2, 0) is 16.0 Å². The average molecular weight is 289 g/mol. The van der Waals surface area contributed by atoms with Crippen LogP contribution < -0.4 is 16.8 Å². The van der Waals surface area contributed by atoms with E-state index in [9.17, 15) is 9.59 Å². The molecule has 0 saturated heterocycles. The number of anilines is 1. The van der Waals surface area contributed by atoms with Gasteiger partial charge in [0, 0.05) is 5.69 Å². The summed E-state index contributed by atoms with van der Waals surface area (Å²) in [7, 11) is 0. The minimum absolute atomic E-state index is 0.102. The van der Waals surface area contributed by atoms with Crippen molar-refractivity contribution in [3.63, 3.8) is 0 Å². The lowest BCUT2D eigenvalue weighted by Crippen LogP contribution is -2.53. The van der Waals surface area contributed by atoms with Crippen LogP contribution >= 0.6 is 0 Å². The SMILES string of the molecule is CC1CCCC(N)(C(=O)Nc2ccccc2CC(N)=O)C1. The number of carbonyl (C=O) groups excluding carboxylic acids is 2. The molecule has 2 amide bonds. The quantitative estimate of drug-likeness (QED) is 0.784. The van der Waals surface area contributed by atoms with Gasteiger partial charge in [-0.05, 0) is 30.4 Å². The minimum Gasteiger partial charge on any atom is -0.369 e. The third-order valence-corrected chi connectivity index (χ3v) is 4.11. The van der Waals surface area contributed by atoms with Gasteiger partial charge < -0.3 is 16.8 Å². The van der Waals surface area contributed by atoms with Crippen LogP contribution in [-0.4, -0.2) is 17.4 Å². The van der Waals surface area contributed by atoms with E-state index >= 15 is 0 Å². The second-order valence-corrected chi connectivity index (χ2v) is 6.11. The number of para-hydroxylation sites is 1. The lowest BCUT2D eigenvalue weighted by molar-refractivity contribution is -0.123. The molecule has 0 spiro atoms. The molecule has 1 aromatic carbocycles. The smallest absolute Gasteiger partial charge is 0.244 e. The maximum Gasteiger partial charge on any atom is 0.244 e. The highest BCUT2D eigenvalue weighted by Gasteiger charge is 2.38. The number of nitrogens with one attached hydrogen (secondary N) is 1. The highest BCUT2D eigenvalue weighted by atomic mass is 16.2. The van der Waals surface area contributed by atoms with Gasteiger partial charge in [-0.1, -0.05) is 38.0 Å². The van der Waals surface area contributed by atoms with Gasteiger partial charge in [-0.15, -0.1) is 0 Å². The van der Waals surface area contributed by atoms with Crippen LogP contribution in [0.2, 0.25) is 0 Å². The third-order valence-electron chi connectivity index (χ3n) is 4.11. The number of hydrogen-bond acceptors (Lipinski definition) is 3. The number of primary amides is 1. The number of hydrogen-bond donors (Lipinski definition) is 3. The molecule has 0 bridgehead atoms. The maximum atomic E-state index is 12.5. The van der Waals surface area contributed by atoms with Gasteiger partial charge >= 0.3 is 0 Å². The summed E-state index contributed by atoms with van der Waals surface area (Å²) in [5.74, 6) is -0.146. The van der Waals surface area contributed by atoms with Crippen LogP contribution in [0.15, 0.2) is 24.3 Å². The minimum atomic E-state index is -0.822. The molecule has 5 N–H and O–H groups in total.